The Hall–Kier alpha value is -2.82. The van der Waals surface area contributed by atoms with Crippen molar-refractivity contribution in [2.45, 2.75) is 27.3 Å². The van der Waals surface area contributed by atoms with Crippen LogP contribution in [0.15, 0.2) is 42.5 Å². The zero-order valence-corrected chi connectivity index (χ0v) is 14.2. The molecule has 0 aliphatic rings. The van der Waals surface area contributed by atoms with Crippen molar-refractivity contribution in [2.75, 3.05) is 11.9 Å². The van der Waals surface area contributed by atoms with Gasteiger partial charge in [0, 0.05) is 19.2 Å². The van der Waals surface area contributed by atoms with E-state index in [9.17, 15) is 9.59 Å². The summed E-state index contributed by atoms with van der Waals surface area (Å²) in [6, 6.07) is 13.2. The second-order valence-corrected chi connectivity index (χ2v) is 5.67. The maximum Gasteiger partial charge on any atom is 0.258 e. The number of para-hydroxylation sites is 1. The highest BCUT2D eigenvalue weighted by molar-refractivity contribution is 5.88. The third-order valence-corrected chi connectivity index (χ3v) is 3.49. The molecule has 0 aliphatic heterocycles. The average Bonchev–Trinajstić information content (AvgIpc) is 2.52. The maximum atomic E-state index is 12.0. The predicted molar refractivity (Wildman–Crippen MR) is 94.0 cm³/mol. The standard InChI is InChI=1S/C19H22N2O3/c1-13-6-4-7-14(2)19(13)24-12-18(23)20-11-16-8-5-9-17(10-16)21-15(3)22/h4-10H,11-12H2,1-3H3,(H,20,23)(H,21,22). The van der Waals surface area contributed by atoms with Crippen LogP contribution in [0.2, 0.25) is 0 Å². The first-order chi connectivity index (χ1) is 11.5. The van der Waals surface area contributed by atoms with Crippen LogP contribution in [0.5, 0.6) is 5.75 Å². The average molecular weight is 326 g/mol. The maximum absolute atomic E-state index is 12.0. The van der Waals surface area contributed by atoms with Gasteiger partial charge in [0.15, 0.2) is 6.61 Å². The van der Waals surface area contributed by atoms with Gasteiger partial charge in [-0.05, 0) is 42.7 Å². The summed E-state index contributed by atoms with van der Waals surface area (Å²) in [6.07, 6.45) is 0. The number of carbonyl (C=O) groups excluding carboxylic acids is 2. The van der Waals surface area contributed by atoms with Gasteiger partial charge in [0.1, 0.15) is 5.75 Å². The Morgan fingerprint density at radius 1 is 1.04 bits per heavy atom. The van der Waals surface area contributed by atoms with Crippen LogP contribution in [-0.4, -0.2) is 18.4 Å². The van der Waals surface area contributed by atoms with Crippen LogP contribution in [0, 0.1) is 13.8 Å². The van der Waals surface area contributed by atoms with Gasteiger partial charge in [-0.15, -0.1) is 0 Å². The molecule has 2 amide bonds. The molecular formula is C19H22N2O3. The largest absolute Gasteiger partial charge is 0.483 e. The third-order valence-electron chi connectivity index (χ3n) is 3.49. The minimum absolute atomic E-state index is 0.0307. The minimum atomic E-state index is -0.192. The van der Waals surface area contributed by atoms with Gasteiger partial charge < -0.3 is 15.4 Å². The van der Waals surface area contributed by atoms with Crippen molar-refractivity contribution >= 4 is 17.5 Å². The monoisotopic (exact) mass is 326 g/mol. The summed E-state index contributed by atoms with van der Waals surface area (Å²) in [4.78, 5) is 23.0. The molecule has 0 saturated heterocycles. The van der Waals surface area contributed by atoms with E-state index in [0.717, 1.165) is 22.4 Å². The first-order valence-corrected chi connectivity index (χ1v) is 7.78. The lowest BCUT2D eigenvalue weighted by Gasteiger charge is -2.12. The van der Waals surface area contributed by atoms with Gasteiger partial charge in [-0.1, -0.05) is 30.3 Å². The zero-order valence-electron chi connectivity index (χ0n) is 14.2. The molecular weight excluding hydrogens is 304 g/mol. The molecule has 5 heteroatoms. The molecule has 2 N–H and O–H groups in total. The van der Waals surface area contributed by atoms with E-state index in [1.54, 1.807) is 6.07 Å². The van der Waals surface area contributed by atoms with Gasteiger partial charge in [0.05, 0.1) is 0 Å². The zero-order chi connectivity index (χ0) is 17.5. The van der Waals surface area contributed by atoms with Gasteiger partial charge >= 0.3 is 0 Å². The molecule has 0 fully saturated rings. The highest BCUT2D eigenvalue weighted by atomic mass is 16.5. The van der Waals surface area contributed by atoms with E-state index >= 15 is 0 Å². The Kier molecular flexibility index (Phi) is 5.95. The van der Waals surface area contributed by atoms with E-state index in [2.05, 4.69) is 10.6 Å². The van der Waals surface area contributed by atoms with E-state index in [-0.39, 0.29) is 18.4 Å². The Labute approximate surface area is 142 Å². The van der Waals surface area contributed by atoms with Gasteiger partial charge in [-0.3, -0.25) is 9.59 Å². The fourth-order valence-corrected chi connectivity index (χ4v) is 2.38. The molecule has 126 valence electrons. The molecule has 24 heavy (non-hydrogen) atoms. The molecule has 0 heterocycles. The van der Waals surface area contributed by atoms with Crippen LogP contribution in [0.4, 0.5) is 5.69 Å². The first kappa shape index (κ1) is 17.5. The lowest BCUT2D eigenvalue weighted by Crippen LogP contribution is -2.28. The van der Waals surface area contributed by atoms with Gasteiger partial charge in [0.2, 0.25) is 5.91 Å². The molecule has 0 atom stereocenters. The van der Waals surface area contributed by atoms with Crippen molar-refractivity contribution in [3.8, 4) is 5.75 Å². The number of benzene rings is 2. The summed E-state index contributed by atoms with van der Waals surface area (Å²) in [5.41, 5.74) is 3.62. The highest BCUT2D eigenvalue weighted by Crippen LogP contribution is 2.22. The molecule has 0 bridgehead atoms. The normalized spacial score (nSPS) is 10.1. The lowest BCUT2D eigenvalue weighted by atomic mass is 10.1. The van der Waals surface area contributed by atoms with Crippen molar-refractivity contribution in [1.82, 2.24) is 5.32 Å². The molecule has 0 radical (unpaired) electrons. The molecule has 2 rings (SSSR count). The Bertz CT molecular complexity index is 721. The second kappa shape index (κ2) is 8.15. The smallest absolute Gasteiger partial charge is 0.258 e. The number of ether oxygens (including phenoxy) is 1. The number of hydrogen-bond acceptors (Lipinski definition) is 3. The lowest BCUT2D eigenvalue weighted by molar-refractivity contribution is -0.123. The van der Waals surface area contributed by atoms with Crippen LogP contribution in [0.3, 0.4) is 0 Å². The van der Waals surface area contributed by atoms with Crippen LogP contribution < -0.4 is 15.4 Å². The van der Waals surface area contributed by atoms with Crippen molar-refractivity contribution in [2.24, 2.45) is 0 Å². The molecule has 0 unspecified atom stereocenters. The van der Waals surface area contributed by atoms with Crippen molar-refractivity contribution < 1.29 is 14.3 Å². The van der Waals surface area contributed by atoms with Gasteiger partial charge in [-0.2, -0.15) is 0 Å². The number of anilines is 1. The molecule has 0 aliphatic carbocycles. The SMILES string of the molecule is CC(=O)Nc1cccc(CNC(=O)COc2c(C)cccc2C)c1. The fraction of sp³-hybridized carbons (Fsp3) is 0.263. The third kappa shape index (κ3) is 5.12. The summed E-state index contributed by atoms with van der Waals surface area (Å²) in [6.45, 7) is 5.71. The van der Waals surface area contributed by atoms with E-state index in [0.29, 0.717) is 12.2 Å². The van der Waals surface area contributed by atoms with Crippen LogP contribution >= 0.6 is 0 Å². The van der Waals surface area contributed by atoms with Crippen molar-refractivity contribution in [3.63, 3.8) is 0 Å². The first-order valence-electron chi connectivity index (χ1n) is 7.78. The van der Waals surface area contributed by atoms with E-state index in [4.69, 9.17) is 4.74 Å². The number of rotatable bonds is 6. The van der Waals surface area contributed by atoms with Crippen LogP contribution in [0.25, 0.3) is 0 Å². The van der Waals surface area contributed by atoms with Crippen molar-refractivity contribution in [1.29, 1.82) is 0 Å². The molecule has 0 aromatic heterocycles. The molecule has 5 nitrogen and oxygen atoms in total. The summed E-state index contributed by atoms with van der Waals surface area (Å²) in [5.74, 6) is 0.432. The van der Waals surface area contributed by atoms with E-state index in [1.807, 2.05) is 50.2 Å². The summed E-state index contributed by atoms with van der Waals surface area (Å²) >= 11 is 0. The van der Waals surface area contributed by atoms with Gasteiger partial charge in [-0.25, -0.2) is 0 Å². The summed E-state index contributed by atoms with van der Waals surface area (Å²) < 4.78 is 5.63. The van der Waals surface area contributed by atoms with Crippen LogP contribution in [-0.2, 0) is 16.1 Å². The van der Waals surface area contributed by atoms with E-state index < -0.39 is 0 Å². The molecule has 0 spiro atoms. The molecule has 2 aromatic carbocycles. The second-order valence-electron chi connectivity index (χ2n) is 5.67. The quantitative estimate of drug-likeness (QED) is 0.857. The number of hydrogen-bond donors (Lipinski definition) is 2. The number of amides is 2. The van der Waals surface area contributed by atoms with Crippen molar-refractivity contribution in [3.05, 3.63) is 59.2 Å². The topological polar surface area (TPSA) is 67.4 Å². The minimum Gasteiger partial charge on any atom is -0.483 e. The Balaban J connectivity index is 1.86. The number of aryl methyl sites for hydroxylation is 2. The van der Waals surface area contributed by atoms with Crippen LogP contribution in [0.1, 0.15) is 23.6 Å². The number of nitrogens with one attached hydrogen (secondary N) is 2. The fourth-order valence-electron chi connectivity index (χ4n) is 2.38. The Morgan fingerprint density at radius 2 is 1.71 bits per heavy atom. The highest BCUT2D eigenvalue weighted by Gasteiger charge is 2.07. The Morgan fingerprint density at radius 3 is 2.38 bits per heavy atom. The molecule has 0 saturated carbocycles. The molecule has 2 aromatic rings. The van der Waals surface area contributed by atoms with E-state index in [1.165, 1.54) is 6.92 Å². The number of carbonyl (C=O) groups is 2. The summed E-state index contributed by atoms with van der Waals surface area (Å²) in [7, 11) is 0. The summed E-state index contributed by atoms with van der Waals surface area (Å²) in [5, 5.41) is 5.53. The van der Waals surface area contributed by atoms with Gasteiger partial charge in [0.25, 0.3) is 5.91 Å². The predicted octanol–water partition coefficient (Wildman–Crippen LogP) is 2.96.